The van der Waals surface area contributed by atoms with E-state index in [1.165, 1.54) is 0 Å². The van der Waals surface area contributed by atoms with Crippen LogP contribution in [0.15, 0.2) is 4.99 Å². The molecule has 2 amide bonds. The molecule has 0 aromatic carbocycles. The summed E-state index contributed by atoms with van der Waals surface area (Å²) < 4.78 is 28.2. The van der Waals surface area contributed by atoms with Crippen LogP contribution >= 0.6 is 24.0 Å². The van der Waals surface area contributed by atoms with Gasteiger partial charge in [0.2, 0.25) is 5.91 Å². The van der Waals surface area contributed by atoms with Gasteiger partial charge in [-0.1, -0.05) is 0 Å². The predicted octanol–water partition coefficient (Wildman–Crippen LogP) is 1.16. The molecule has 0 aliphatic carbocycles. The van der Waals surface area contributed by atoms with Crippen molar-refractivity contribution in [3.63, 3.8) is 0 Å². The second-order valence-electron chi connectivity index (χ2n) is 9.05. The van der Waals surface area contributed by atoms with Crippen molar-refractivity contribution in [1.29, 1.82) is 0 Å². The Morgan fingerprint density at radius 3 is 2.29 bits per heavy atom. The Bertz CT molecular complexity index is 734. The van der Waals surface area contributed by atoms with E-state index in [0.717, 1.165) is 0 Å². The Balaban J connectivity index is 0.00000900. The molecule has 10 nitrogen and oxygen atoms in total. The van der Waals surface area contributed by atoms with Crippen molar-refractivity contribution in [3.05, 3.63) is 0 Å². The molecular formula is C19H38IN5O5S. The van der Waals surface area contributed by atoms with Crippen molar-refractivity contribution < 1.29 is 22.7 Å². The summed E-state index contributed by atoms with van der Waals surface area (Å²) in [6.07, 6.45) is 0.150. The minimum absolute atomic E-state index is 0. The van der Waals surface area contributed by atoms with Crippen molar-refractivity contribution in [2.45, 2.75) is 71.6 Å². The number of hydrogen-bond acceptors (Lipinski definition) is 6. The van der Waals surface area contributed by atoms with Gasteiger partial charge >= 0.3 is 6.09 Å². The fourth-order valence-electron chi connectivity index (χ4n) is 2.74. The Morgan fingerprint density at radius 1 is 1.13 bits per heavy atom. The highest BCUT2D eigenvalue weighted by molar-refractivity contribution is 14.0. The zero-order chi connectivity index (χ0) is 23.0. The first kappa shape index (κ1) is 29.7. The smallest absolute Gasteiger partial charge is 0.408 e. The van der Waals surface area contributed by atoms with Gasteiger partial charge in [-0.2, -0.15) is 0 Å². The maximum atomic E-state index is 12.0. The average Bonchev–Trinajstić information content (AvgIpc) is 2.88. The standard InChI is InChI=1S/C19H37N5O5S.HI/c1-7-20-16(22-13-19(5,6)24-17(26)29-18(2,3)4)21-10-8-15(25)23-14-9-11-30(27,28)12-14;/h14H,7-13H2,1-6H3,(H,23,25)(H,24,26)(H2,20,21,22);1H. The topological polar surface area (TPSA) is 138 Å². The summed E-state index contributed by atoms with van der Waals surface area (Å²) in [4.78, 5) is 28.5. The van der Waals surface area contributed by atoms with Gasteiger partial charge in [-0.15, -0.1) is 24.0 Å². The summed E-state index contributed by atoms with van der Waals surface area (Å²) in [5.74, 6) is 0.455. The van der Waals surface area contributed by atoms with E-state index in [1.54, 1.807) is 20.8 Å². The molecule has 0 spiro atoms. The quantitative estimate of drug-likeness (QED) is 0.194. The summed E-state index contributed by atoms with van der Waals surface area (Å²) in [6, 6.07) is -0.302. The van der Waals surface area contributed by atoms with E-state index in [4.69, 9.17) is 4.74 Å². The largest absolute Gasteiger partial charge is 0.444 e. The molecule has 0 saturated carbocycles. The van der Waals surface area contributed by atoms with Crippen LogP contribution in [0.5, 0.6) is 0 Å². The summed E-state index contributed by atoms with van der Waals surface area (Å²) in [5.41, 5.74) is -1.21. The normalized spacial score (nSPS) is 18.5. The molecule has 31 heavy (non-hydrogen) atoms. The minimum Gasteiger partial charge on any atom is -0.444 e. The Morgan fingerprint density at radius 2 is 1.77 bits per heavy atom. The van der Waals surface area contributed by atoms with Crippen LogP contribution in [0.4, 0.5) is 4.79 Å². The molecule has 1 aliphatic rings. The Labute approximate surface area is 203 Å². The van der Waals surface area contributed by atoms with Crippen LogP contribution in [0.1, 0.15) is 54.4 Å². The molecule has 0 aromatic heterocycles. The maximum absolute atomic E-state index is 12.0. The van der Waals surface area contributed by atoms with Gasteiger partial charge in [-0.3, -0.25) is 9.79 Å². The van der Waals surface area contributed by atoms with E-state index >= 15 is 0 Å². The van der Waals surface area contributed by atoms with Crippen LogP contribution in [0, 0.1) is 0 Å². The van der Waals surface area contributed by atoms with E-state index in [9.17, 15) is 18.0 Å². The van der Waals surface area contributed by atoms with Crippen molar-refractivity contribution in [2.75, 3.05) is 31.1 Å². The number of carbonyl (C=O) groups excluding carboxylic acids is 2. The third-order valence-corrected chi connectivity index (χ3v) is 5.83. The molecule has 1 atom stereocenters. The molecule has 0 radical (unpaired) electrons. The highest BCUT2D eigenvalue weighted by Gasteiger charge is 2.28. The second kappa shape index (κ2) is 12.7. The zero-order valence-corrected chi connectivity index (χ0v) is 22.5. The number of halogens is 1. The molecule has 1 rings (SSSR count). The molecule has 1 unspecified atom stereocenters. The number of guanidine groups is 1. The van der Waals surface area contributed by atoms with Crippen LogP contribution in [-0.2, 0) is 19.4 Å². The molecule has 182 valence electrons. The summed E-state index contributed by atoms with van der Waals surface area (Å²) in [7, 11) is -3.02. The fraction of sp³-hybridized carbons (Fsp3) is 0.842. The lowest BCUT2D eigenvalue weighted by Gasteiger charge is -2.27. The highest BCUT2D eigenvalue weighted by atomic mass is 127. The van der Waals surface area contributed by atoms with Crippen LogP contribution in [0.2, 0.25) is 0 Å². The lowest BCUT2D eigenvalue weighted by molar-refractivity contribution is -0.121. The SMILES string of the molecule is CCNC(=NCC(C)(C)NC(=O)OC(C)(C)C)NCCC(=O)NC1CCS(=O)(=O)C1.I. The number of ether oxygens (including phenoxy) is 1. The lowest BCUT2D eigenvalue weighted by Crippen LogP contribution is -2.49. The molecule has 0 aromatic rings. The summed E-state index contributed by atoms with van der Waals surface area (Å²) in [6.45, 7) is 12.3. The van der Waals surface area contributed by atoms with Crippen LogP contribution < -0.4 is 21.3 Å². The molecule has 0 bridgehead atoms. The summed E-state index contributed by atoms with van der Waals surface area (Å²) >= 11 is 0. The van der Waals surface area contributed by atoms with Gasteiger partial charge in [0, 0.05) is 25.6 Å². The highest BCUT2D eigenvalue weighted by Crippen LogP contribution is 2.11. The van der Waals surface area contributed by atoms with E-state index in [-0.39, 0.29) is 53.9 Å². The van der Waals surface area contributed by atoms with Gasteiger partial charge in [-0.05, 0) is 48.0 Å². The van der Waals surface area contributed by atoms with Crippen molar-refractivity contribution in [2.24, 2.45) is 4.99 Å². The van der Waals surface area contributed by atoms with E-state index in [1.807, 2.05) is 20.8 Å². The first-order valence-electron chi connectivity index (χ1n) is 10.2. The van der Waals surface area contributed by atoms with Gasteiger partial charge in [0.25, 0.3) is 0 Å². The van der Waals surface area contributed by atoms with Gasteiger partial charge in [-0.25, -0.2) is 13.2 Å². The van der Waals surface area contributed by atoms with Crippen LogP contribution in [-0.4, -0.2) is 74.7 Å². The number of nitrogens with one attached hydrogen (secondary N) is 4. The minimum atomic E-state index is -3.02. The van der Waals surface area contributed by atoms with Gasteiger partial charge in [0.15, 0.2) is 15.8 Å². The van der Waals surface area contributed by atoms with Gasteiger partial charge in [0.1, 0.15) is 5.60 Å². The predicted molar refractivity (Wildman–Crippen MR) is 133 cm³/mol. The molecule has 1 aliphatic heterocycles. The average molecular weight is 576 g/mol. The molecule has 1 fully saturated rings. The maximum Gasteiger partial charge on any atom is 0.408 e. The molecular weight excluding hydrogens is 537 g/mol. The number of carbonyl (C=O) groups is 2. The molecule has 1 heterocycles. The molecule has 1 saturated heterocycles. The third kappa shape index (κ3) is 13.7. The molecule has 12 heteroatoms. The van der Waals surface area contributed by atoms with Gasteiger partial charge < -0.3 is 26.0 Å². The van der Waals surface area contributed by atoms with Crippen LogP contribution in [0.25, 0.3) is 0 Å². The number of rotatable bonds is 8. The monoisotopic (exact) mass is 575 g/mol. The number of sulfone groups is 1. The second-order valence-corrected chi connectivity index (χ2v) is 11.3. The van der Waals surface area contributed by atoms with E-state index in [2.05, 4.69) is 26.3 Å². The van der Waals surface area contributed by atoms with Crippen LogP contribution in [0.3, 0.4) is 0 Å². The number of amides is 2. The Kier molecular flexibility index (Phi) is 12.1. The Hall–Kier alpha value is -1.31. The number of hydrogen-bond donors (Lipinski definition) is 4. The van der Waals surface area contributed by atoms with Crippen molar-refractivity contribution in [3.8, 4) is 0 Å². The van der Waals surface area contributed by atoms with Crippen molar-refractivity contribution in [1.82, 2.24) is 21.3 Å². The van der Waals surface area contributed by atoms with E-state index < -0.39 is 27.1 Å². The first-order chi connectivity index (χ1) is 13.7. The number of alkyl carbamates (subject to hydrolysis) is 1. The first-order valence-corrected chi connectivity index (χ1v) is 12.1. The lowest BCUT2D eigenvalue weighted by atomic mass is 10.1. The fourth-order valence-corrected chi connectivity index (χ4v) is 4.41. The molecule has 4 N–H and O–H groups in total. The summed E-state index contributed by atoms with van der Waals surface area (Å²) in [5, 5.41) is 11.7. The van der Waals surface area contributed by atoms with Crippen molar-refractivity contribution >= 4 is 51.8 Å². The van der Waals surface area contributed by atoms with Gasteiger partial charge in [0.05, 0.1) is 23.6 Å². The number of aliphatic imine (C=N–C) groups is 1. The van der Waals surface area contributed by atoms with E-state index in [0.29, 0.717) is 32.0 Å². The third-order valence-electron chi connectivity index (χ3n) is 4.06. The zero-order valence-electron chi connectivity index (χ0n) is 19.3. The number of nitrogens with zero attached hydrogens (tertiary/aromatic N) is 1.